The van der Waals surface area contributed by atoms with Gasteiger partial charge in [0.15, 0.2) is 5.78 Å². The van der Waals surface area contributed by atoms with E-state index in [1.54, 1.807) is 13.0 Å². The summed E-state index contributed by atoms with van der Waals surface area (Å²) in [4.78, 5) is 11.1. The molecule has 1 aromatic rings. The Morgan fingerprint density at radius 2 is 2.23 bits per heavy atom. The lowest BCUT2D eigenvalue weighted by molar-refractivity contribution is 0.102. The lowest BCUT2D eigenvalue weighted by Crippen LogP contribution is -2.02. The zero-order chi connectivity index (χ0) is 10.0. The van der Waals surface area contributed by atoms with Gasteiger partial charge >= 0.3 is 0 Å². The second-order valence-electron chi connectivity index (χ2n) is 2.62. The normalized spacial score (nSPS) is 10.2. The molecule has 0 N–H and O–H groups in total. The van der Waals surface area contributed by atoms with Crippen LogP contribution in [0.15, 0.2) is 12.1 Å². The molecule has 0 heterocycles. The Morgan fingerprint density at radius 3 is 2.69 bits per heavy atom. The average molecular weight is 313 g/mol. The van der Waals surface area contributed by atoms with Crippen LogP contribution in [0.1, 0.15) is 15.9 Å². The van der Waals surface area contributed by atoms with Crippen LogP contribution in [0.5, 0.6) is 0 Å². The molecular weight excluding hydrogens is 305 g/mol. The van der Waals surface area contributed by atoms with Crippen molar-refractivity contribution in [2.75, 3.05) is 5.88 Å². The quantitative estimate of drug-likeness (QED) is 0.466. The van der Waals surface area contributed by atoms with Crippen LogP contribution in [0.3, 0.4) is 0 Å². The van der Waals surface area contributed by atoms with Crippen LogP contribution in [0, 0.1) is 16.3 Å². The zero-order valence-corrected chi connectivity index (χ0v) is 9.82. The molecular formula is C9H7ClFIO. The topological polar surface area (TPSA) is 17.1 Å². The highest BCUT2D eigenvalue weighted by Gasteiger charge is 2.09. The molecule has 1 nitrogen and oxygen atoms in total. The second kappa shape index (κ2) is 4.37. The molecule has 13 heavy (non-hydrogen) atoms. The Morgan fingerprint density at radius 1 is 1.62 bits per heavy atom. The third-order valence-corrected chi connectivity index (χ3v) is 3.09. The maximum Gasteiger partial charge on any atom is 0.177 e. The minimum absolute atomic E-state index is 0.113. The first-order valence-corrected chi connectivity index (χ1v) is 5.22. The van der Waals surface area contributed by atoms with E-state index in [9.17, 15) is 9.18 Å². The fraction of sp³-hybridized carbons (Fsp3) is 0.222. The summed E-state index contributed by atoms with van der Waals surface area (Å²) in [6.07, 6.45) is 0. The van der Waals surface area contributed by atoms with E-state index in [-0.39, 0.29) is 17.5 Å². The highest BCUT2D eigenvalue weighted by atomic mass is 127. The SMILES string of the molecule is Cc1c(F)cc(C(=O)CCl)cc1I. The molecule has 0 aliphatic carbocycles. The number of hydrogen-bond donors (Lipinski definition) is 0. The fourth-order valence-electron chi connectivity index (χ4n) is 0.883. The third-order valence-electron chi connectivity index (χ3n) is 1.72. The first kappa shape index (κ1) is 10.9. The van der Waals surface area contributed by atoms with Crippen molar-refractivity contribution in [3.05, 3.63) is 32.6 Å². The van der Waals surface area contributed by atoms with Gasteiger partial charge in [-0.25, -0.2) is 4.39 Å². The summed E-state index contributed by atoms with van der Waals surface area (Å²) in [5.41, 5.74) is 0.897. The van der Waals surface area contributed by atoms with Gasteiger partial charge in [0.05, 0.1) is 5.88 Å². The van der Waals surface area contributed by atoms with Gasteiger partial charge in [-0.15, -0.1) is 11.6 Å². The second-order valence-corrected chi connectivity index (χ2v) is 4.05. The summed E-state index contributed by atoms with van der Waals surface area (Å²) >= 11 is 7.35. The highest BCUT2D eigenvalue weighted by Crippen LogP contribution is 2.18. The number of carbonyl (C=O) groups is 1. The number of hydrogen-bond acceptors (Lipinski definition) is 1. The Balaban J connectivity index is 3.20. The van der Waals surface area contributed by atoms with Gasteiger partial charge in [0.1, 0.15) is 5.82 Å². The smallest absolute Gasteiger partial charge is 0.177 e. The number of ketones is 1. The molecule has 70 valence electrons. The first-order valence-electron chi connectivity index (χ1n) is 3.61. The molecule has 0 bridgehead atoms. The lowest BCUT2D eigenvalue weighted by Gasteiger charge is -2.03. The van der Waals surface area contributed by atoms with Crippen molar-refractivity contribution in [2.24, 2.45) is 0 Å². The van der Waals surface area contributed by atoms with Gasteiger partial charge in [0.2, 0.25) is 0 Å². The first-order chi connectivity index (χ1) is 6.06. The molecule has 1 rings (SSSR count). The molecule has 1 aromatic carbocycles. The molecule has 0 aliphatic heterocycles. The van der Waals surface area contributed by atoms with Crippen molar-refractivity contribution in [1.82, 2.24) is 0 Å². The standard InChI is InChI=1S/C9H7ClFIO/c1-5-7(11)2-6(3-8(5)12)9(13)4-10/h2-3H,4H2,1H3. The Labute approximate surface area is 94.4 Å². The number of carbonyl (C=O) groups excluding carboxylic acids is 1. The van der Waals surface area contributed by atoms with Crippen LogP contribution in [-0.4, -0.2) is 11.7 Å². The van der Waals surface area contributed by atoms with Crippen LogP contribution in [0.2, 0.25) is 0 Å². The molecule has 4 heteroatoms. The summed E-state index contributed by atoms with van der Waals surface area (Å²) in [6.45, 7) is 1.67. The van der Waals surface area contributed by atoms with E-state index in [4.69, 9.17) is 11.6 Å². The average Bonchev–Trinajstić information content (AvgIpc) is 2.12. The van der Waals surface area contributed by atoms with Gasteiger partial charge in [-0.3, -0.25) is 4.79 Å². The van der Waals surface area contributed by atoms with Crippen molar-refractivity contribution in [3.8, 4) is 0 Å². The van der Waals surface area contributed by atoms with E-state index in [2.05, 4.69) is 0 Å². The molecule has 0 saturated carbocycles. The van der Waals surface area contributed by atoms with Crippen molar-refractivity contribution in [3.63, 3.8) is 0 Å². The van der Waals surface area contributed by atoms with Gasteiger partial charge < -0.3 is 0 Å². The van der Waals surface area contributed by atoms with E-state index < -0.39 is 0 Å². The van der Waals surface area contributed by atoms with Crippen LogP contribution in [-0.2, 0) is 0 Å². The van der Waals surface area contributed by atoms with E-state index in [1.165, 1.54) is 6.07 Å². The van der Waals surface area contributed by atoms with E-state index in [0.29, 0.717) is 11.1 Å². The van der Waals surface area contributed by atoms with E-state index >= 15 is 0 Å². The van der Waals surface area contributed by atoms with Crippen molar-refractivity contribution >= 4 is 40.0 Å². The minimum atomic E-state index is -0.361. The van der Waals surface area contributed by atoms with Gasteiger partial charge in [-0.1, -0.05) is 0 Å². The van der Waals surface area contributed by atoms with Gasteiger partial charge in [0.25, 0.3) is 0 Å². The lowest BCUT2D eigenvalue weighted by atomic mass is 10.1. The van der Waals surface area contributed by atoms with Crippen LogP contribution in [0.25, 0.3) is 0 Å². The Hall–Kier alpha value is -0.160. The minimum Gasteiger partial charge on any atom is -0.293 e. The summed E-state index contributed by atoms with van der Waals surface area (Å²) in [5.74, 6) is -0.725. The molecule has 0 atom stereocenters. The predicted molar refractivity (Wildman–Crippen MR) is 58.9 cm³/mol. The van der Waals surface area contributed by atoms with Crippen molar-refractivity contribution < 1.29 is 9.18 Å². The highest BCUT2D eigenvalue weighted by molar-refractivity contribution is 14.1. The number of benzene rings is 1. The molecule has 0 aliphatic rings. The molecule has 0 amide bonds. The van der Waals surface area contributed by atoms with E-state index in [0.717, 1.165) is 3.57 Å². The Bertz CT molecular complexity index is 328. The molecule has 0 aromatic heterocycles. The largest absolute Gasteiger partial charge is 0.293 e. The van der Waals surface area contributed by atoms with Crippen LogP contribution < -0.4 is 0 Å². The summed E-state index contributed by atoms with van der Waals surface area (Å²) in [7, 11) is 0. The monoisotopic (exact) mass is 312 g/mol. The zero-order valence-electron chi connectivity index (χ0n) is 6.90. The van der Waals surface area contributed by atoms with E-state index in [1.807, 2.05) is 22.6 Å². The van der Waals surface area contributed by atoms with Crippen molar-refractivity contribution in [1.29, 1.82) is 0 Å². The molecule has 0 unspecified atom stereocenters. The van der Waals surface area contributed by atoms with Gasteiger partial charge in [-0.05, 0) is 47.2 Å². The van der Waals surface area contributed by atoms with Crippen LogP contribution in [0.4, 0.5) is 4.39 Å². The van der Waals surface area contributed by atoms with Crippen LogP contribution >= 0.6 is 34.2 Å². The van der Waals surface area contributed by atoms with Crippen molar-refractivity contribution in [2.45, 2.75) is 6.92 Å². The molecule has 0 fully saturated rings. The molecule has 0 radical (unpaired) electrons. The predicted octanol–water partition coefficient (Wildman–Crippen LogP) is 3.16. The number of halogens is 3. The Kier molecular flexibility index (Phi) is 3.67. The van der Waals surface area contributed by atoms with Gasteiger partial charge in [-0.2, -0.15) is 0 Å². The molecule has 0 saturated heterocycles. The maximum atomic E-state index is 13.1. The number of alkyl halides is 1. The maximum absolute atomic E-state index is 13.1. The summed E-state index contributed by atoms with van der Waals surface area (Å²) in [5, 5.41) is 0. The van der Waals surface area contributed by atoms with Gasteiger partial charge in [0, 0.05) is 9.13 Å². The number of rotatable bonds is 2. The third kappa shape index (κ3) is 2.40. The molecule has 0 spiro atoms. The summed E-state index contributed by atoms with van der Waals surface area (Å²) < 4.78 is 13.9. The fourth-order valence-corrected chi connectivity index (χ4v) is 1.63. The summed E-state index contributed by atoms with van der Waals surface area (Å²) in [6, 6.07) is 2.87. The number of Topliss-reactive ketones (excluding diaryl/α,β-unsaturated/α-hetero) is 1.